The average molecular weight is 203 g/mol. The number of phenolic OH excluding ortho intramolecular Hbond substituents is 1. The average Bonchev–Trinajstić information content (AvgIpc) is 2.29. The van der Waals surface area contributed by atoms with Crippen LogP contribution in [0.1, 0.15) is 36.3 Å². The van der Waals surface area contributed by atoms with Crippen LogP contribution in [0.25, 0.3) is 0 Å². The van der Waals surface area contributed by atoms with Gasteiger partial charge < -0.3 is 10.4 Å². The van der Waals surface area contributed by atoms with Crippen molar-refractivity contribution >= 4 is 0 Å². The Kier molecular flexibility index (Phi) is 2.17. The van der Waals surface area contributed by atoms with Gasteiger partial charge in [-0.05, 0) is 43.9 Å². The molecule has 1 aromatic carbocycles. The molecule has 0 spiro atoms. The monoisotopic (exact) mass is 203 g/mol. The van der Waals surface area contributed by atoms with E-state index in [2.05, 4.69) is 11.4 Å². The highest BCUT2D eigenvalue weighted by molar-refractivity contribution is 5.44. The van der Waals surface area contributed by atoms with E-state index in [-0.39, 0.29) is 0 Å². The summed E-state index contributed by atoms with van der Waals surface area (Å²) < 4.78 is 0. The lowest BCUT2D eigenvalue weighted by molar-refractivity contribution is 0.310. The molecule has 0 amide bonds. The van der Waals surface area contributed by atoms with Crippen molar-refractivity contribution in [2.24, 2.45) is 0 Å². The molecule has 2 atom stereocenters. The standard InChI is InChI=1S/C13H17NO/c15-12-5-1-3-9-6-7-11-10(13(9)12)4-2-8-14-11/h1,3,5,10-11,14-15H,2,4,6-8H2/t10-,11-/m1/s1. The van der Waals surface area contributed by atoms with Crippen molar-refractivity contribution in [1.29, 1.82) is 0 Å². The molecular weight excluding hydrogens is 186 g/mol. The predicted molar refractivity (Wildman–Crippen MR) is 60.2 cm³/mol. The van der Waals surface area contributed by atoms with Gasteiger partial charge >= 0.3 is 0 Å². The summed E-state index contributed by atoms with van der Waals surface area (Å²) in [6.07, 6.45) is 4.79. The Morgan fingerprint density at radius 2 is 2.20 bits per heavy atom. The molecule has 80 valence electrons. The first-order valence-corrected chi connectivity index (χ1v) is 5.90. The smallest absolute Gasteiger partial charge is 0.119 e. The van der Waals surface area contributed by atoms with Crippen molar-refractivity contribution in [3.63, 3.8) is 0 Å². The van der Waals surface area contributed by atoms with Gasteiger partial charge in [0.05, 0.1) is 0 Å². The summed E-state index contributed by atoms with van der Waals surface area (Å²) in [7, 11) is 0. The van der Waals surface area contributed by atoms with Crippen LogP contribution in [0.3, 0.4) is 0 Å². The second-order valence-corrected chi connectivity index (χ2v) is 4.70. The van der Waals surface area contributed by atoms with Crippen molar-refractivity contribution in [2.75, 3.05) is 6.54 Å². The minimum absolute atomic E-state index is 0.505. The van der Waals surface area contributed by atoms with Crippen LogP contribution in [-0.2, 0) is 6.42 Å². The molecule has 2 aliphatic rings. The summed E-state index contributed by atoms with van der Waals surface area (Å²) in [5.74, 6) is 1.05. The lowest BCUT2D eigenvalue weighted by atomic mass is 9.75. The normalized spacial score (nSPS) is 29.3. The minimum atomic E-state index is 0.505. The van der Waals surface area contributed by atoms with Crippen LogP contribution in [0.2, 0.25) is 0 Å². The zero-order valence-electron chi connectivity index (χ0n) is 8.87. The van der Waals surface area contributed by atoms with E-state index in [4.69, 9.17) is 0 Å². The maximum atomic E-state index is 9.97. The van der Waals surface area contributed by atoms with Gasteiger partial charge in [0, 0.05) is 17.5 Å². The SMILES string of the molecule is Oc1cccc2c1[C@@H]1CCCN[C@@H]1CC2. The van der Waals surface area contributed by atoms with Crippen LogP contribution in [0.5, 0.6) is 5.75 Å². The van der Waals surface area contributed by atoms with Gasteiger partial charge in [-0.1, -0.05) is 12.1 Å². The van der Waals surface area contributed by atoms with Crippen molar-refractivity contribution in [1.82, 2.24) is 5.32 Å². The molecule has 1 aromatic rings. The van der Waals surface area contributed by atoms with Gasteiger partial charge in [-0.25, -0.2) is 0 Å². The summed E-state index contributed by atoms with van der Waals surface area (Å²) in [5.41, 5.74) is 2.58. The zero-order chi connectivity index (χ0) is 10.3. The Morgan fingerprint density at radius 1 is 1.27 bits per heavy atom. The number of phenols is 1. The van der Waals surface area contributed by atoms with Crippen molar-refractivity contribution < 1.29 is 5.11 Å². The molecule has 1 fully saturated rings. The first kappa shape index (κ1) is 9.22. The van der Waals surface area contributed by atoms with E-state index in [1.54, 1.807) is 0 Å². The molecule has 0 saturated carbocycles. The fourth-order valence-electron chi connectivity index (χ4n) is 3.16. The van der Waals surface area contributed by atoms with Crippen molar-refractivity contribution in [2.45, 2.75) is 37.6 Å². The van der Waals surface area contributed by atoms with Crippen LogP contribution in [-0.4, -0.2) is 17.7 Å². The van der Waals surface area contributed by atoms with Gasteiger partial charge in [-0.2, -0.15) is 0 Å². The van der Waals surface area contributed by atoms with Gasteiger partial charge in [0.2, 0.25) is 0 Å². The molecule has 3 rings (SSSR count). The molecule has 2 nitrogen and oxygen atoms in total. The van der Waals surface area contributed by atoms with E-state index in [0.717, 1.165) is 13.0 Å². The Morgan fingerprint density at radius 3 is 3.13 bits per heavy atom. The first-order chi connectivity index (χ1) is 7.36. The summed E-state index contributed by atoms with van der Waals surface area (Å²) in [6, 6.07) is 6.56. The second-order valence-electron chi connectivity index (χ2n) is 4.70. The number of hydrogen-bond donors (Lipinski definition) is 2. The summed E-state index contributed by atoms with van der Waals surface area (Å²) in [5, 5.41) is 13.5. The van der Waals surface area contributed by atoms with E-state index in [1.165, 1.54) is 30.4 Å². The number of fused-ring (bicyclic) bond motifs is 3. The molecule has 0 bridgehead atoms. The molecule has 2 N–H and O–H groups in total. The van der Waals surface area contributed by atoms with E-state index in [1.807, 2.05) is 12.1 Å². The molecule has 0 radical (unpaired) electrons. The number of piperidine rings is 1. The maximum absolute atomic E-state index is 9.97. The number of benzene rings is 1. The molecule has 15 heavy (non-hydrogen) atoms. The first-order valence-electron chi connectivity index (χ1n) is 5.90. The number of rotatable bonds is 0. The molecule has 1 saturated heterocycles. The largest absolute Gasteiger partial charge is 0.508 e. The Balaban J connectivity index is 2.05. The van der Waals surface area contributed by atoms with E-state index >= 15 is 0 Å². The van der Waals surface area contributed by atoms with E-state index in [9.17, 15) is 5.11 Å². The molecule has 1 heterocycles. The fraction of sp³-hybridized carbons (Fsp3) is 0.538. The summed E-state index contributed by atoms with van der Waals surface area (Å²) in [6.45, 7) is 1.14. The summed E-state index contributed by atoms with van der Waals surface area (Å²) >= 11 is 0. The van der Waals surface area contributed by atoms with Crippen molar-refractivity contribution in [3.05, 3.63) is 29.3 Å². The summed E-state index contributed by atoms with van der Waals surface area (Å²) in [4.78, 5) is 0. The zero-order valence-corrected chi connectivity index (χ0v) is 8.87. The predicted octanol–water partition coefficient (Wildman–Crippen LogP) is 2.17. The third-order valence-electron chi connectivity index (χ3n) is 3.85. The molecule has 0 aromatic heterocycles. The van der Waals surface area contributed by atoms with Gasteiger partial charge in [0.1, 0.15) is 5.75 Å². The maximum Gasteiger partial charge on any atom is 0.119 e. The number of nitrogens with one attached hydrogen (secondary N) is 1. The number of hydrogen-bond acceptors (Lipinski definition) is 2. The third-order valence-corrected chi connectivity index (χ3v) is 3.85. The van der Waals surface area contributed by atoms with Gasteiger partial charge in [0.15, 0.2) is 0 Å². The highest BCUT2D eigenvalue weighted by Gasteiger charge is 2.32. The molecule has 0 unspecified atom stereocenters. The van der Waals surface area contributed by atoms with Crippen molar-refractivity contribution in [3.8, 4) is 5.75 Å². The van der Waals surface area contributed by atoms with Crippen LogP contribution in [0.15, 0.2) is 18.2 Å². The van der Waals surface area contributed by atoms with Crippen LogP contribution >= 0.6 is 0 Å². The van der Waals surface area contributed by atoms with Crippen LogP contribution in [0, 0.1) is 0 Å². The van der Waals surface area contributed by atoms with Crippen LogP contribution < -0.4 is 5.32 Å². The number of aryl methyl sites for hydroxylation is 1. The van der Waals surface area contributed by atoms with Gasteiger partial charge in [-0.15, -0.1) is 0 Å². The highest BCUT2D eigenvalue weighted by Crippen LogP contribution is 2.41. The molecule has 2 heteroatoms. The topological polar surface area (TPSA) is 32.3 Å². The fourth-order valence-corrected chi connectivity index (χ4v) is 3.16. The number of aromatic hydroxyl groups is 1. The second kappa shape index (κ2) is 3.53. The van der Waals surface area contributed by atoms with E-state index in [0.29, 0.717) is 17.7 Å². The lowest BCUT2D eigenvalue weighted by Gasteiger charge is -2.38. The lowest BCUT2D eigenvalue weighted by Crippen LogP contribution is -2.42. The Bertz CT molecular complexity index is 375. The highest BCUT2D eigenvalue weighted by atomic mass is 16.3. The molecule has 1 aliphatic carbocycles. The van der Waals surface area contributed by atoms with Gasteiger partial charge in [-0.3, -0.25) is 0 Å². The Labute approximate surface area is 90.3 Å². The molecular formula is C13H17NO. The van der Waals surface area contributed by atoms with Crippen LogP contribution in [0.4, 0.5) is 0 Å². The third kappa shape index (κ3) is 1.44. The Hall–Kier alpha value is -1.02. The quantitative estimate of drug-likeness (QED) is 0.677. The van der Waals surface area contributed by atoms with E-state index < -0.39 is 0 Å². The minimum Gasteiger partial charge on any atom is -0.508 e. The molecule has 1 aliphatic heterocycles. The van der Waals surface area contributed by atoms with Gasteiger partial charge in [0.25, 0.3) is 0 Å².